The van der Waals surface area contributed by atoms with E-state index in [1.165, 1.54) is 0 Å². The molecule has 23 heavy (non-hydrogen) atoms. The van der Waals surface area contributed by atoms with Gasteiger partial charge in [0.25, 0.3) is 0 Å². The zero-order chi connectivity index (χ0) is 17.6. The van der Waals surface area contributed by atoms with E-state index in [9.17, 15) is 19.2 Å². The van der Waals surface area contributed by atoms with E-state index < -0.39 is 30.0 Å². The van der Waals surface area contributed by atoms with E-state index in [1.807, 2.05) is 13.8 Å². The largest absolute Gasteiger partial charge is 0.465 e. The molecule has 0 radical (unpaired) electrons. The van der Waals surface area contributed by atoms with Gasteiger partial charge in [-0.15, -0.1) is 0 Å². The number of primary amides is 1. The molecular formula is C14H24N4O5. The number of carboxylic acid groups (broad SMARTS) is 1. The van der Waals surface area contributed by atoms with Crippen molar-refractivity contribution in [3.05, 3.63) is 0 Å². The van der Waals surface area contributed by atoms with Crippen molar-refractivity contribution >= 4 is 23.8 Å². The number of amides is 4. The van der Waals surface area contributed by atoms with Gasteiger partial charge in [0.1, 0.15) is 12.1 Å². The highest BCUT2D eigenvalue weighted by molar-refractivity contribution is 5.91. The first-order valence-electron chi connectivity index (χ1n) is 7.57. The van der Waals surface area contributed by atoms with Gasteiger partial charge in [-0.2, -0.15) is 0 Å². The Balaban J connectivity index is 2.71. The molecule has 0 aromatic heterocycles. The Kier molecular flexibility index (Phi) is 6.80. The fourth-order valence-corrected chi connectivity index (χ4v) is 2.52. The molecule has 1 fully saturated rings. The van der Waals surface area contributed by atoms with Crippen molar-refractivity contribution in [1.82, 2.24) is 16.0 Å². The van der Waals surface area contributed by atoms with E-state index in [0.29, 0.717) is 13.0 Å². The van der Waals surface area contributed by atoms with Gasteiger partial charge in [0.05, 0.1) is 0 Å². The predicted octanol–water partition coefficient (Wildman–Crippen LogP) is -0.835. The lowest BCUT2D eigenvalue weighted by atomic mass is 9.97. The topological polar surface area (TPSA) is 151 Å². The summed E-state index contributed by atoms with van der Waals surface area (Å²) in [6.45, 7) is 4.22. The fourth-order valence-electron chi connectivity index (χ4n) is 2.52. The second-order valence-electron chi connectivity index (χ2n) is 6.11. The monoisotopic (exact) mass is 328 g/mol. The SMILES string of the molecule is CC(C)C[C@H](NC(=O)O)C(=O)N[C@@H](C[C@@H]1CCNC1=O)C(N)=O. The molecule has 0 bridgehead atoms. The third-order valence-electron chi connectivity index (χ3n) is 3.66. The van der Waals surface area contributed by atoms with Crippen LogP contribution in [0.1, 0.15) is 33.1 Å². The van der Waals surface area contributed by atoms with Crippen molar-refractivity contribution < 1.29 is 24.3 Å². The average molecular weight is 328 g/mol. The molecule has 6 N–H and O–H groups in total. The number of carbonyl (C=O) groups excluding carboxylic acids is 3. The molecule has 1 rings (SSSR count). The molecular weight excluding hydrogens is 304 g/mol. The third kappa shape index (κ3) is 6.13. The van der Waals surface area contributed by atoms with Crippen LogP contribution in [0, 0.1) is 11.8 Å². The van der Waals surface area contributed by atoms with Crippen LogP contribution < -0.4 is 21.7 Å². The standard InChI is InChI=1S/C14H24N4O5/c1-7(2)5-10(18-14(22)23)13(21)17-9(11(15)19)6-8-3-4-16-12(8)20/h7-10,18H,3-6H2,1-2H3,(H2,15,19)(H,16,20)(H,17,21)(H,22,23)/t8-,9-,10-/m0/s1. The van der Waals surface area contributed by atoms with Crippen LogP contribution >= 0.6 is 0 Å². The second-order valence-corrected chi connectivity index (χ2v) is 6.11. The number of carbonyl (C=O) groups is 4. The van der Waals surface area contributed by atoms with Gasteiger partial charge in [-0.05, 0) is 25.2 Å². The van der Waals surface area contributed by atoms with Gasteiger partial charge in [0.15, 0.2) is 0 Å². The highest BCUT2D eigenvalue weighted by Crippen LogP contribution is 2.16. The van der Waals surface area contributed by atoms with Crippen LogP contribution in [-0.2, 0) is 14.4 Å². The van der Waals surface area contributed by atoms with Crippen molar-refractivity contribution in [3.8, 4) is 0 Å². The molecule has 0 aliphatic carbocycles. The van der Waals surface area contributed by atoms with Crippen LogP contribution in [0.3, 0.4) is 0 Å². The van der Waals surface area contributed by atoms with Crippen LogP contribution in [0.2, 0.25) is 0 Å². The molecule has 0 aromatic rings. The summed E-state index contributed by atoms with van der Waals surface area (Å²) in [4.78, 5) is 46.2. The van der Waals surface area contributed by atoms with Crippen molar-refractivity contribution in [2.45, 2.75) is 45.2 Å². The number of nitrogens with two attached hydrogens (primary N) is 1. The van der Waals surface area contributed by atoms with Crippen molar-refractivity contribution in [2.24, 2.45) is 17.6 Å². The molecule has 1 heterocycles. The van der Waals surface area contributed by atoms with Gasteiger partial charge in [-0.25, -0.2) is 4.79 Å². The summed E-state index contributed by atoms with van der Waals surface area (Å²) in [7, 11) is 0. The molecule has 1 saturated heterocycles. The minimum Gasteiger partial charge on any atom is -0.465 e. The van der Waals surface area contributed by atoms with E-state index in [-0.39, 0.29) is 30.6 Å². The molecule has 1 aliphatic heterocycles. The van der Waals surface area contributed by atoms with Gasteiger partial charge in [-0.1, -0.05) is 13.8 Å². The van der Waals surface area contributed by atoms with E-state index in [2.05, 4.69) is 16.0 Å². The van der Waals surface area contributed by atoms with Gasteiger partial charge in [0.2, 0.25) is 17.7 Å². The lowest BCUT2D eigenvalue weighted by Gasteiger charge is -2.23. The molecule has 9 heteroatoms. The molecule has 0 aromatic carbocycles. The highest BCUT2D eigenvalue weighted by atomic mass is 16.4. The molecule has 0 unspecified atom stereocenters. The molecule has 4 amide bonds. The smallest absolute Gasteiger partial charge is 0.405 e. The molecule has 1 aliphatic rings. The number of rotatable bonds is 8. The highest BCUT2D eigenvalue weighted by Gasteiger charge is 2.32. The second kappa shape index (κ2) is 8.35. The van der Waals surface area contributed by atoms with Crippen LogP contribution in [-0.4, -0.2) is 47.5 Å². The maximum absolute atomic E-state index is 12.2. The summed E-state index contributed by atoms with van der Waals surface area (Å²) >= 11 is 0. The van der Waals surface area contributed by atoms with E-state index in [0.717, 1.165) is 0 Å². The molecule has 0 spiro atoms. The van der Waals surface area contributed by atoms with E-state index in [1.54, 1.807) is 0 Å². The molecule has 9 nitrogen and oxygen atoms in total. The van der Waals surface area contributed by atoms with Gasteiger partial charge >= 0.3 is 6.09 Å². The Morgan fingerprint density at radius 2 is 1.96 bits per heavy atom. The van der Waals surface area contributed by atoms with Gasteiger partial charge in [-0.3, -0.25) is 14.4 Å². The quantitative estimate of drug-likeness (QED) is 0.394. The molecule has 0 saturated carbocycles. The number of hydrogen-bond donors (Lipinski definition) is 5. The zero-order valence-electron chi connectivity index (χ0n) is 13.3. The Labute approximate surface area is 134 Å². The number of hydrogen-bond acceptors (Lipinski definition) is 4. The minimum absolute atomic E-state index is 0.0743. The summed E-state index contributed by atoms with van der Waals surface area (Å²) in [6.07, 6.45) is -0.361. The van der Waals surface area contributed by atoms with Crippen LogP contribution in [0.4, 0.5) is 4.79 Å². The fraction of sp³-hybridized carbons (Fsp3) is 0.714. The Morgan fingerprint density at radius 1 is 1.30 bits per heavy atom. The predicted molar refractivity (Wildman–Crippen MR) is 81.3 cm³/mol. The first kappa shape index (κ1) is 18.7. The minimum atomic E-state index is -1.32. The summed E-state index contributed by atoms with van der Waals surface area (Å²) in [5.74, 6) is -1.86. The maximum Gasteiger partial charge on any atom is 0.405 e. The summed E-state index contributed by atoms with van der Waals surface area (Å²) in [5, 5.41) is 16.1. The third-order valence-corrected chi connectivity index (χ3v) is 3.66. The first-order chi connectivity index (χ1) is 10.7. The van der Waals surface area contributed by atoms with E-state index in [4.69, 9.17) is 10.8 Å². The van der Waals surface area contributed by atoms with Crippen LogP contribution in [0.5, 0.6) is 0 Å². The van der Waals surface area contributed by atoms with Crippen molar-refractivity contribution in [2.75, 3.05) is 6.54 Å². The maximum atomic E-state index is 12.2. The zero-order valence-corrected chi connectivity index (χ0v) is 13.3. The van der Waals surface area contributed by atoms with E-state index >= 15 is 0 Å². The van der Waals surface area contributed by atoms with Crippen LogP contribution in [0.25, 0.3) is 0 Å². The van der Waals surface area contributed by atoms with Gasteiger partial charge < -0.3 is 26.8 Å². The van der Waals surface area contributed by atoms with Crippen molar-refractivity contribution in [1.29, 1.82) is 0 Å². The Morgan fingerprint density at radius 3 is 2.39 bits per heavy atom. The van der Waals surface area contributed by atoms with Gasteiger partial charge in [0, 0.05) is 12.5 Å². The van der Waals surface area contributed by atoms with Crippen molar-refractivity contribution in [3.63, 3.8) is 0 Å². The Bertz CT molecular complexity index is 480. The normalized spacial score (nSPS) is 19.8. The van der Waals surface area contributed by atoms with Crippen LogP contribution in [0.15, 0.2) is 0 Å². The summed E-state index contributed by atoms with van der Waals surface area (Å²) in [6, 6.07) is -1.99. The number of nitrogens with one attached hydrogen (secondary N) is 3. The molecule has 3 atom stereocenters. The average Bonchev–Trinajstić information content (AvgIpc) is 2.81. The molecule has 130 valence electrons. The summed E-state index contributed by atoms with van der Waals surface area (Å²) in [5.41, 5.74) is 5.29. The lowest BCUT2D eigenvalue weighted by Crippen LogP contribution is -2.53. The Hall–Kier alpha value is -2.32. The first-order valence-corrected chi connectivity index (χ1v) is 7.57. The lowest BCUT2D eigenvalue weighted by molar-refractivity contribution is -0.130. The summed E-state index contributed by atoms with van der Waals surface area (Å²) < 4.78 is 0.